The number of nitrogens with zero attached hydrogens (tertiary/aromatic N) is 6. The van der Waals surface area contributed by atoms with Crippen molar-refractivity contribution >= 4 is 17.5 Å². The molecule has 1 saturated heterocycles. The zero-order chi connectivity index (χ0) is 25.2. The maximum Gasteiger partial charge on any atom is 0.406 e. The van der Waals surface area contributed by atoms with Crippen LogP contribution in [0.1, 0.15) is 62.7 Å². The van der Waals surface area contributed by atoms with Crippen molar-refractivity contribution in [3.05, 3.63) is 40.4 Å². The topological polar surface area (TPSA) is 78.1 Å². The summed E-state index contributed by atoms with van der Waals surface area (Å²) < 4.78 is 43.7. The molecule has 7 nitrogen and oxygen atoms in total. The van der Waals surface area contributed by atoms with Gasteiger partial charge in [0.2, 0.25) is 5.91 Å². The highest BCUT2D eigenvalue weighted by Gasteiger charge is 2.53. The van der Waals surface area contributed by atoms with Crippen molar-refractivity contribution in [3.63, 3.8) is 0 Å². The van der Waals surface area contributed by atoms with Gasteiger partial charge < -0.3 is 4.90 Å². The first-order valence-corrected chi connectivity index (χ1v) is 12.1. The Bertz CT molecular complexity index is 1200. The first-order chi connectivity index (χ1) is 16.5. The zero-order valence-corrected chi connectivity index (χ0v) is 20.3. The predicted octanol–water partition coefficient (Wildman–Crippen LogP) is 4.59. The number of carbonyl (C=O) groups is 1. The van der Waals surface area contributed by atoms with Crippen LogP contribution in [0, 0.1) is 16.7 Å². The average Bonchev–Trinajstić information content (AvgIpc) is 3.54. The van der Waals surface area contributed by atoms with Crippen LogP contribution in [0.5, 0.6) is 0 Å². The van der Waals surface area contributed by atoms with Gasteiger partial charge in [-0.05, 0) is 63.3 Å². The van der Waals surface area contributed by atoms with E-state index in [1.54, 1.807) is 23.1 Å². The smallest absolute Gasteiger partial charge is 0.341 e. The van der Waals surface area contributed by atoms with Crippen LogP contribution in [-0.2, 0) is 17.9 Å². The minimum Gasteiger partial charge on any atom is -0.341 e. The van der Waals surface area contributed by atoms with E-state index >= 15 is 0 Å². The third kappa shape index (κ3) is 3.99. The molecule has 0 unspecified atom stereocenters. The van der Waals surface area contributed by atoms with Crippen LogP contribution in [0.15, 0.2) is 18.2 Å². The lowest BCUT2D eigenvalue weighted by Gasteiger charge is -2.38. The van der Waals surface area contributed by atoms with Crippen LogP contribution in [0.2, 0.25) is 5.02 Å². The van der Waals surface area contributed by atoms with Crippen molar-refractivity contribution in [3.8, 4) is 11.8 Å². The highest BCUT2D eigenvalue weighted by Crippen LogP contribution is 2.47. The van der Waals surface area contributed by atoms with Crippen molar-refractivity contribution < 1.29 is 18.0 Å². The lowest BCUT2D eigenvalue weighted by Crippen LogP contribution is -2.53. The Kier molecular flexibility index (Phi) is 5.64. The van der Waals surface area contributed by atoms with Gasteiger partial charge >= 0.3 is 6.18 Å². The molecule has 0 bridgehead atoms. The van der Waals surface area contributed by atoms with E-state index in [1.807, 2.05) is 4.57 Å². The molecular formula is C24H26ClF3N6O. The largest absolute Gasteiger partial charge is 0.406 e. The minimum absolute atomic E-state index is 0.0109. The third-order valence-electron chi connectivity index (χ3n) is 7.74. The second-order valence-corrected chi connectivity index (χ2v) is 10.7. The maximum absolute atomic E-state index is 13.9. The number of rotatable bonds is 3. The number of piperidine rings is 1. The molecule has 0 N–H and O–H groups in total. The van der Waals surface area contributed by atoms with E-state index in [9.17, 15) is 23.2 Å². The van der Waals surface area contributed by atoms with E-state index in [4.69, 9.17) is 11.6 Å². The normalized spacial score (nSPS) is 20.5. The van der Waals surface area contributed by atoms with Gasteiger partial charge in [0.05, 0.1) is 18.3 Å². The highest BCUT2D eigenvalue weighted by atomic mass is 35.5. The molecule has 2 aliphatic heterocycles. The van der Waals surface area contributed by atoms with Crippen LogP contribution < -0.4 is 0 Å². The molecule has 1 aromatic carbocycles. The van der Waals surface area contributed by atoms with Gasteiger partial charge in [-0.1, -0.05) is 11.6 Å². The molecule has 0 atom stereocenters. The fourth-order valence-corrected chi connectivity index (χ4v) is 5.20. The Labute approximate surface area is 206 Å². The summed E-state index contributed by atoms with van der Waals surface area (Å²) in [6, 6.07) is 7.39. The molecule has 11 heteroatoms. The number of hydrogen-bond acceptors (Lipinski definition) is 5. The van der Waals surface area contributed by atoms with E-state index in [2.05, 4.69) is 16.3 Å². The summed E-state index contributed by atoms with van der Waals surface area (Å²) in [5.74, 6) is 1.02. The standard InChI is InChI=1S/C24H26ClF3N6O/c1-22(2,24(26,27)28)33-12-16-11-17(25)3-4-18(16)34-19(13-33)30-31-20(34)15-5-9-32(10-6-15)21(35)23(14-29)7-8-23/h3-4,11,15H,5-10,12-13H2,1-2H3. The minimum atomic E-state index is -4.44. The number of amides is 1. The molecule has 5 rings (SSSR count). The number of fused-ring (bicyclic) bond motifs is 3. The molecule has 186 valence electrons. The zero-order valence-electron chi connectivity index (χ0n) is 19.6. The molecule has 0 radical (unpaired) electrons. The van der Waals surface area contributed by atoms with E-state index in [1.165, 1.54) is 18.7 Å². The molecule has 35 heavy (non-hydrogen) atoms. The van der Waals surface area contributed by atoms with Gasteiger partial charge in [0.1, 0.15) is 16.8 Å². The number of halogens is 4. The fraction of sp³-hybridized carbons (Fsp3) is 0.583. The molecule has 3 aliphatic rings. The number of aromatic nitrogens is 3. The van der Waals surface area contributed by atoms with E-state index < -0.39 is 17.1 Å². The molecule has 2 aromatic rings. The summed E-state index contributed by atoms with van der Waals surface area (Å²) in [4.78, 5) is 15.9. The molecule has 3 heterocycles. The van der Waals surface area contributed by atoms with E-state index in [0.29, 0.717) is 61.0 Å². The summed E-state index contributed by atoms with van der Waals surface area (Å²) in [6.07, 6.45) is -1.92. The van der Waals surface area contributed by atoms with Crippen molar-refractivity contribution in [1.82, 2.24) is 24.6 Å². The Morgan fingerprint density at radius 1 is 1.17 bits per heavy atom. The average molecular weight is 507 g/mol. The second kappa shape index (κ2) is 8.20. The summed E-state index contributed by atoms with van der Waals surface area (Å²) >= 11 is 6.23. The number of benzene rings is 1. The highest BCUT2D eigenvalue weighted by molar-refractivity contribution is 6.30. The monoisotopic (exact) mass is 506 g/mol. The van der Waals surface area contributed by atoms with Gasteiger partial charge in [0, 0.05) is 30.6 Å². The molecule has 2 fully saturated rings. The van der Waals surface area contributed by atoms with Crippen LogP contribution in [0.3, 0.4) is 0 Å². The van der Waals surface area contributed by atoms with Gasteiger partial charge in [-0.25, -0.2) is 0 Å². The fourth-order valence-electron chi connectivity index (χ4n) is 5.01. The molecule has 1 aromatic heterocycles. The number of likely N-dealkylation sites (tertiary alicyclic amines) is 1. The molecule has 0 spiro atoms. The number of hydrogen-bond donors (Lipinski definition) is 0. The van der Waals surface area contributed by atoms with E-state index in [-0.39, 0.29) is 24.9 Å². The predicted molar refractivity (Wildman–Crippen MR) is 122 cm³/mol. The summed E-state index contributed by atoms with van der Waals surface area (Å²) in [5, 5.41) is 18.6. The SMILES string of the molecule is CC(C)(N1Cc2cc(Cl)ccc2-n2c(nnc2C2CCN(C(=O)C3(C#N)CC3)CC2)C1)C(F)(F)F. The van der Waals surface area contributed by atoms with Crippen molar-refractivity contribution in [2.75, 3.05) is 13.1 Å². The van der Waals surface area contributed by atoms with Gasteiger partial charge in [0.15, 0.2) is 5.82 Å². The Morgan fingerprint density at radius 2 is 1.86 bits per heavy atom. The van der Waals surface area contributed by atoms with Gasteiger partial charge in [-0.2, -0.15) is 18.4 Å². The number of alkyl halides is 3. The number of nitriles is 1. The second-order valence-electron chi connectivity index (χ2n) is 10.3. The van der Waals surface area contributed by atoms with E-state index in [0.717, 1.165) is 5.69 Å². The Hall–Kier alpha value is -2.64. The third-order valence-corrected chi connectivity index (χ3v) is 7.97. The van der Waals surface area contributed by atoms with Crippen molar-refractivity contribution in [2.45, 2.75) is 70.3 Å². The van der Waals surface area contributed by atoms with Crippen molar-refractivity contribution in [1.29, 1.82) is 5.26 Å². The van der Waals surface area contributed by atoms with Gasteiger partial charge in [0.25, 0.3) is 0 Å². The lowest BCUT2D eigenvalue weighted by atomic mass is 9.94. The summed E-state index contributed by atoms with van der Waals surface area (Å²) in [7, 11) is 0. The van der Waals surface area contributed by atoms with Gasteiger partial charge in [-0.3, -0.25) is 14.3 Å². The van der Waals surface area contributed by atoms with Crippen molar-refractivity contribution in [2.24, 2.45) is 5.41 Å². The van der Waals surface area contributed by atoms with Gasteiger partial charge in [-0.15, -0.1) is 10.2 Å². The Balaban J connectivity index is 1.46. The lowest BCUT2D eigenvalue weighted by molar-refractivity contribution is -0.224. The molecule has 1 amide bonds. The number of carbonyl (C=O) groups excluding carboxylic acids is 1. The van der Waals surface area contributed by atoms with Crippen LogP contribution in [-0.4, -0.2) is 55.3 Å². The Morgan fingerprint density at radius 3 is 2.46 bits per heavy atom. The van der Waals surface area contributed by atoms with Crippen LogP contribution in [0.4, 0.5) is 13.2 Å². The first kappa shape index (κ1) is 24.1. The molecule has 1 saturated carbocycles. The quantitative estimate of drug-likeness (QED) is 0.608. The summed E-state index contributed by atoms with van der Waals surface area (Å²) in [5.41, 5.74) is -1.53. The van der Waals surface area contributed by atoms with Crippen LogP contribution in [0.25, 0.3) is 5.69 Å². The maximum atomic E-state index is 13.9. The first-order valence-electron chi connectivity index (χ1n) is 11.7. The molecule has 1 aliphatic carbocycles. The van der Waals surface area contributed by atoms with Crippen LogP contribution >= 0.6 is 11.6 Å². The summed E-state index contributed by atoms with van der Waals surface area (Å²) in [6.45, 7) is 3.41. The molecular weight excluding hydrogens is 481 g/mol.